The van der Waals surface area contributed by atoms with E-state index in [1.807, 2.05) is 32.0 Å². The third-order valence-corrected chi connectivity index (χ3v) is 9.91. The maximum Gasteiger partial charge on any atom is 0.355 e. The summed E-state index contributed by atoms with van der Waals surface area (Å²) in [6.07, 6.45) is 3.19. The number of H-pyrrole nitrogens is 1. The Balaban J connectivity index is 1.09. The number of nitrogens with zero attached hydrogens (tertiary/aromatic N) is 6. The fourth-order valence-electron chi connectivity index (χ4n) is 6.24. The molecule has 4 aromatic heterocycles. The van der Waals surface area contributed by atoms with Crippen molar-refractivity contribution >= 4 is 38.9 Å². The molecule has 0 spiro atoms. The number of rotatable bonds is 15. The molecule has 0 amide bonds. The average molecular weight is 767 g/mol. The number of hydrogen-bond acceptors (Lipinski definition) is 13. The van der Waals surface area contributed by atoms with Crippen molar-refractivity contribution in [2.45, 2.75) is 69.5 Å². The number of hydrogen-bond donors (Lipinski definition) is 4. The molecule has 1 saturated heterocycles. The minimum atomic E-state index is -4.63. The van der Waals surface area contributed by atoms with Gasteiger partial charge in [-0.1, -0.05) is 11.3 Å². The Kier molecular flexibility index (Phi) is 11.6. The number of anilines is 1. The Labute approximate surface area is 307 Å². The SMILES string of the molecule is CCN(CC)c1ccc2cc(C=Cc3cc[n+](CCCn4cc(CO[C@@H]5[C@H](O)[C@@H](CO)O[C@H]5n5ccc(=O)[nH]c5=O)nn4)c(S(=O)(=O)O)c3)c(=O)oc2c1. The van der Waals surface area contributed by atoms with Crippen molar-refractivity contribution in [3.05, 3.63) is 109 Å². The number of benzene rings is 1. The molecule has 4 atom stereocenters. The molecule has 18 nitrogen and oxygen atoms in total. The van der Waals surface area contributed by atoms with Crippen LogP contribution in [0.5, 0.6) is 0 Å². The standard InChI is InChI=1S/C35H39N7O11S/c1-3-39(4-2)26-9-8-23-17-24(34(46)53-27(23)18-26)7-6-22-10-14-40(30(16-22)54(48,49)50)12-5-13-41-19-25(37-38-41)21-51-32-31(45)28(20-43)52-33(32)42-15-11-29(44)36-35(42)47/h6-11,14-19,28,31-33,43,45H,3-5,12-13,20-21H2,1-2H3,(H-,36,44,47,48,49,50)/p+1/t28-,31-,32-,33-/m1/s1. The van der Waals surface area contributed by atoms with Crippen molar-refractivity contribution in [1.29, 1.82) is 0 Å². The van der Waals surface area contributed by atoms with Crippen molar-refractivity contribution in [2.75, 3.05) is 24.6 Å². The first-order valence-electron chi connectivity index (χ1n) is 17.2. The third-order valence-electron chi connectivity index (χ3n) is 9.03. The third kappa shape index (κ3) is 8.56. The van der Waals surface area contributed by atoms with E-state index in [1.165, 1.54) is 33.8 Å². The zero-order chi connectivity index (χ0) is 38.6. The highest BCUT2D eigenvalue weighted by molar-refractivity contribution is 7.85. The normalized spacial score (nSPS) is 18.9. The van der Waals surface area contributed by atoms with Crippen LogP contribution >= 0.6 is 0 Å². The van der Waals surface area contributed by atoms with Gasteiger partial charge in [0.25, 0.3) is 5.56 Å². The Hall–Kier alpha value is -5.31. The summed E-state index contributed by atoms with van der Waals surface area (Å²) >= 11 is 0. The second-order valence-corrected chi connectivity index (χ2v) is 13.9. The number of fused-ring (bicyclic) bond motifs is 1. The molecule has 1 aliphatic heterocycles. The molecule has 0 saturated carbocycles. The molecular formula is C35H40N7O11S+. The van der Waals surface area contributed by atoms with Crippen LogP contribution in [-0.2, 0) is 39.3 Å². The molecule has 1 aromatic carbocycles. The molecule has 0 radical (unpaired) electrons. The highest BCUT2D eigenvalue weighted by Crippen LogP contribution is 2.31. The number of aromatic amines is 1. The van der Waals surface area contributed by atoms with Gasteiger partial charge in [0.05, 0.1) is 25.0 Å². The first-order valence-corrected chi connectivity index (χ1v) is 18.6. The van der Waals surface area contributed by atoms with Gasteiger partial charge < -0.3 is 29.0 Å². The molecule has 1 fully saturated rings. The highest BCUT2D eigenvalue weighted by Gasteiger charge is 2.45. The lowest BCUT2D eigenvalue weighted by Crippen LogP contribution is -2.40. The Morgan fingerprint density at radius 3 is 2.61 bits per heavy atom. The second kappa shape index (κ2) is 16.4. The molecule has 286 valence electrons. The van der Waals surface area contributed by atoms with Crippen LogP contribution in [0.25, 0.3) is 23.1 Å². The number of aryl methyl sites for hydroxylation is 2. The van der Waals surface area contributed by atoms with Gasteiger partial charge in [-0.15, -0.1) is 5.10 Å². The first kappa shape index (κ1) is 38.4. The van der Waals surface area contributed by atoms with E-state index >= 15 is 0 Å². The average Bonchev–Trinajstić information content (AvgIpc) is 3.73. The summed E-state index contributed by atoms with van der Waals surface area (Å²) in [6.45, 7) is 5.50. The molecule has 0 bridgehead atoms. The van der Waals surface area contributed by atoms with Crippen LogP contribution < -0.4 is 26.3 Å². The van der Waals surface area contributed by atoms with Crippen molar-refractivity contribution in [1.82, 2.24) is 24.5 Å². The van der Waals surface area contributed by atoms with Crippen LogP contribution in [0.4, 0.5) is 5.69 Å². The predicted molar refractivity (Wildman–Crippen MR) is 193 cm³/mol. The van der Waals surface area contributed by atoms with Gasteiger partial charge in [0.15, 0.2) is 19.0 Å². The minimum absolute atomic E-state index is 0.146. The van der Waals surface area contributed by atoms with E-state index in [2.05, 4.69) is 20.2 Å². The van der Waals surface area contributed by atoms with E-state index in [4.69, 9.17) is 13.9 Å². The molecule has 0 unspecified atom stereocenters. The van der Waals surface area contributed by atoms with Gasteiger partial charge in [0, 0.05) is 67.6 Å². The van der Waals surface area contributed by atoms with Crippen LogP contribution in [0.15, 0.2) is 84.9 Å². The lowest BCUT2D eigenvalue weighted by molar-refractivity contribution is -0.734. The van der Waals surface area contributed by atoms with Gasteiger partial charge in [0.2, 0.25) is 0 Å². The summed E-state index contributed by atoms with van der Waals surface area (Å²) in [5.41, 5.74) is 0.524. The summed E-state index contributed by atoms with van der Waals surface area (Å²) < 4.78 is 55.7. The molecule has 4 N–H and O–H groups in total. The number of aliphatic hydroxyl groups excluding tert-OH is 2. The summed E-state index contributed by atoms with van der Waals surface area (Å²) in [5, 5.41) is 28.8. The maximum atomic E-state index is 12.8. The van der Waals surface area contributed by atoms with Crippen LogP contribution in [-0.4, -0.2) is 85.7 Å². The van der Waals surface area contributed by atoms with Crippen molar-refractivity contribution in [3.8, 4) is 0 Å². The molecule has 54 heavy (non-hydrogen) atoms. The molecule has 19 heteroatoms. The van der Waals surface area contributed by atoms with Gasteiger partial charge in [-0.3, -0.25) is 23.6 Å². The molecule has 5 heterocycles. The largest absolute Gasteiger partial charge is 0.422 e. The van der Waals surface area contributed by atoms with E-state index in [0.29, 0.717) is 29.8 Å². The van der Waals surface area contributed by atoms with E-state index in [9.17, 15) is 37.6 Å². The fraction of sp³-hybridized carbons (Fsp3) is 0.371. The second-order valence-electron chi connectivity index (χ2n) is 12.5. The summed E-state index contributed by atoms with van der Waals surface area (Å²) in [6, 6.07) is 11.4. The molecule has 0 aliphatic carbocycles. The van der Waals surface area contributed by atoms with Crippen LogP contribution in [0, 0.1) is 0 Å². The predicted octanol–water partition coefficient (Wildman–Crippen LogP) is 0.712. The highest BCUT2D eigenvalue weighted by atomic mass is 32.2. The Morgan fingerprint density at radius 1 is 1.09 bits per heavy atom. The van der Waals surface area contributed by atoms with Gasteiger partial charge in [-0.05, 0) is 43.7 Å². The Morgan fingerprint density at radius 2 is 1.89 bits per heavy atom. The number of ether oxygens (including phenoxy) is 2. The van der Waals surface area contributed by atoms with Crippen LogP contribution in [0.3, 0.4) is 0 Å². The minimum Gasteiger partial charge on any atom is -0.422 e. The molecule has 5 aromatic rings. The zero-order valence-corrected chi connectivity index (χ0v) is 30.2. The van der Waals surface area contributed by atoms with E-state index in [1.54, 1.807) is 24.4 Å². The molecule has 6 rings (SSSR count). The maximum absolute atomic E-state index is 12.8. The summed E-state index contributed by atoms with van der Waals surface area (Å²) in [4.78, 5) is 40.9. The van der Waals surface area contributed by atoms with Crippen LogP contribution in [0.2, 0.25) is 0 Å². The van der Waals surface area contributed by atoms with E-state index < -0.39 is 58.1 Å². The number of aromatic nitrogens is 6. The quantitative estimate of drug-likeness (QED) is 0.0653. The number of aliphatic hydroxyl groups is 2. The first-order chi connectivity index (χ1) is 25.9. The summed E-state index contributed by atoms with van der Waals surface area (Å²) in [7, 11) is -4.63. The number of pyridine rings is 1. The van der Waals surface area contributed by atoms with Crippen LogP contribution in [0.1, 0.15) is 43.3 Å². The topological polar surface area (TPSA) is 236 Å². The summed E-state index contributed by atoms with van der Waals surface area (Å²) in [5.74, 6) is 0. The van der Waals surface area contributed by atoms with Crippen molar-refractivity contribution in [2.24, 2.45) is 0 Å². The Bertz CT molecular complexity index is 2440. The van der Waals surface area contributed by atoms with E-state index in [-0.39, 0.29) is 23.7 Å². The lowest BCUT2D eigenvalue weighted by atomic mass is 10.1. The number of nitrogens with one attached hydrogen (secondary N) is 1. The van der Waals surface area contributed by atoms with Crippen molar-refractivity contribution in [3.63, 3.8) is 0 Å². The van der Waals surface area contributed by atoms with Gasteiger partial charge >= 0.3 is 26.5 Å². The van der Waals surface area contributed by atoms with Gasteiger partial charge in [-0.25, -0.2) is 9.59 Å². The molecule has 1 aliphatic rings. The van der Waals surface area contributed by atoms with Gasteiger partial charge in [0.1, 0.15) is 29.6 Å². The zero-order valence-electron chi connectivity index (χ0n) is 29.4. The molecular weight excluding hydrogens is 726 g/mol. The van der Waals surface area contributed by atoms with E-state index in [0.717, 1.165) is 34.8 Å². The van der Waals surface area contributed by atoms with Crippen molar-refractivity contribution < 1.29 is 41.6 Å². The smallest absolute Gasteiger partial charge is 0.355 e. The monoisotopic (exact) mass is 766 g/mol. The van der Waals surface area contributed by atoms with Gasteiger partial charge in [-0.2, -0.15) is 13.0 Å². The lowest BCUT2D eigenvalue weighted by Gasteiger charge is -2.21. The fourth-order valence-corrected chi connectivity index (χ4v) is 6.97.